The molecular weight excluding hydrogens is 590 g/mol. The van der Waals surface area contributed by atoms with Gasteiger partial charge in [-0.15, -0.1) is 12.3 Å². The standard InChI is InChI=1S/C36H51NO9/c1-2-3-4-5-6-7-8-9-12-17-37-36(38)31-15-16-34-35(30-31)46-29-25-42-21-20-40-23-27-44-33-14-11-10-13-32(33)43-26-22-39-18-19-41-24-28-45-34/h1,10-11,13-16,30H,3-9,12,17-29H2,(H,37,38). The number of hydrogen-bond acceptors (Lipinski definition) is 9. The molecule has 0 atom stereocenters. The van der Waals surface area contributed by atoms with Gasteiger partial charge in [-0.1, -0.05) is 44.2 Å². The SMILES string of the molecule is C#CCCCCCCCCCNC(=O)c1ccc2c(c1)OCCOCCOCCOc1ccccc1OCCOCCOCCO2. The van der Waals surface area contributed by atoms with E-state index in [1.54, 1.807) is 18.2 Å². The van der Waals surface area contributed by atoms with Crippen LogP contribution < -0.4 is 24.3 Å². The number of terminal acetylenes is 1. The largest absolute Gasteiger partial charge is 0.487 e. The summed E-state index contributed by atoms with van der Waals surface area (Å²) in [6.45, 7) is 5.29. The molecule has 1 heterocycles. The zero-order chi connectivity index (χ0) is 32.3. The van der Waals surface area contributed by atoms with Crippen molar-refractivity contribution in [3.63, 3.8) is 0 Å². The second-order valence-electron chi connectivity index (χ2n) is 10.6. The van der Waals surface area contributed by atoms with Gasteiger partial charge >= 0.3 is 0 Å². The van der Waals surface area contributed by atoms with E-state index in [-0.39, 0.29) is 12.5 Å². The number of fused-ring (bicyclic) bond motifs is 2. The highest BCUT2D eigenvalue weighted by atomic mass is 16.6. The Hall–Kier alpha value is -3.49. The number of ether oxygens (including phenoxy) is 8. The van der Waals surface area contributed by atoms with Crippen LogP contribution in [0.3, 0.4) is 0 Å². The molecule has 0 fully saturated rings. The van der Waals surface area contributed by atoms with Crippen molar-refractivity contribution in [3.8, 4) is 35.3 Å². The Morgan fingerprint density at radius 2 is 1.00 bits per heavy atom. The van der Waals surface area contributed by atoms with Gasteiger partial charge in [0.25, 0.3) is 5.91 Å². The van der Waals surface area contributed by atoms with Crippen molar-refractivity contribution >= 4 is 5.91 Å². The molecule has 0 spiro atoms. The molecule has 0 bridgehead atoms. The van der Waals surface area contributed by atoms with Gasteiger partial charge in [0.2, 0.25) is 0 Å². The van der Waals surface area contributed by atoms with Crippen LogP contribution in [0.1, 0.15) is 61.7 Å². The quantitative estimate of drug-likeness (QED) is 0.267. The Morgan fingerprint density at radius 1 is 0.565 bits per heavy atom. The van der Waals surface area contributed by atoms with Crippen molar-refractivity contribution in [2.45, 2.75) is 51.4 Å². The summed E-state index contributed by atoms with van der Waals surface area (Å²) in [6.07, 6.45) is 14.1. The molecule has 0 aliphatic carbocycles. The number of unbranched alkanes of at least 4 members (excludes halogenated alkanes) is 7. The number of benzene rings is 2. The predicted octanol–water partition coefficient (Wildman–Crippen LogP) is 5.47. The summed E-state index contributed by atoms with van der Waals surface area (Å²) in [5, 5.41) is 3.02. The number of amides is 1. The van der Waals surface area contributed by atoms with E-state index in [2.05, 4.69) is 11.2 Å². The average molecular weight is 642 g/mol. The van der Waals surface area contributed by atoms with Crippen molar-refractivity contribution < 1.29 is 42.7 Å². The minimum atomic E-state index is -0.139. The van der Waals surface area contributed by atoms with Gasteiger partial charge in [-0.25, -0.2) is 0 Å². The smallest absolute Gasteiger partial charge is 0.251 e. The van der Waals surface area contributed by atoms with Crippen molar-refractivity contribution in [1.29, 1.82) is 0 Å². The first-order valence-corrected chi connectivity index (χ1v) is 16.5. The Balaban J connectivity index is 1.43. The minimum absolute atomic E-state index is 0.139. The third-order valence-corrected chi connectivity index (χ3v) is 7.02. The highest BCUT2D eigenvalue weighted by Gasteiger charge is 2.12. The van der Waals surface area contributed by atoms with E-state index in [0.717, 1.165) is 25.7 Å². The van der Waals surface area contributed by atoms with Gasteiger partial charge in [-0.05, 0) is 43.2 Å². The van der Waals surface area contributed by atoms with E-state index in [4.69, 9.17) is 44.3 Å². The van der Waals surface area contributed by atoms with Gasteiger partial charge in [-0.2, -0.15) is 0 Å². The van der Waals surface area contributed by atoms with Crippen molar-refractivity contribution in [3.05, 3.63) is 48.0 Å². The van der Waals surface area contributed by atoms with Crippen LogP contribution in [-0.4, -0.2) is 91.7 Å². The molecular formula is C36H51NO9. The fourth-order valence-electron chi connectivity index (χ4n) is 4.60. The maximum atomic E-state index is 12.8. The topological polar surface area (TPSA) is 103 Å². The summed E-state index contributed by atoms with van der Waals surface area (Å²) in [5.74, 6) is 4.89. The third-order valence-electron chi connectivity index (χ3n) is 7.02. The molecule has 3 rings (SSSR count). The average Bonchev–Trinajstić information content (AvgIpc) is 3.07. The molecule has 46 heavy (non-hydrogen) atoms. The van der Waals surface area contributed by atoms with E-state index in [1.165, 1.54) is 25.7 Å². The van der Waals surface area contributed by atoms with E-state index in [0.29, 0.717) is 108 Å². The fourth-order valence-corrected chi connectivity index (χ4v) is 4.60. The lowest BCUT2D eigenvalue weighted by atomic mass is 10.1. The van der Waals surface area contributed by atoms with E-state index >= 15 is 0 Å². The maximum Gasteiger partial charge on any atom is 0.251 e. The fraction of sp³-hybridized carbons (Fsp3) is 0.583. The summed E-state index contributed by atoms with van der Waals surface area (Å²) < 4.78 is 46.1. The Kier molecular flexibility index (Phi) is 19.9. The summed E-state index contributed by atoms with van der Waals surface area (Å²) >= 11 is 0. The molecule has 0 radical (unpaired) electrons. The van der Waals surface area contributed by atoms with Crippen molar-refractivity contribution in [2.24, 2.45) is 0 Å². The highest BCUT2D eigenvalue weighted by molar-refractivity contribution is 5.94. The molecule has 0 unspecified atom stereocenters. The monoisotopic (exact) mass is 641 g/mol. The van der Waals surface area contributed by atoms with Crippen LogP contribution in [0.2, 0.25) is 0 Å². The summed E-state index contributed by atoms with van der Waals surface area (Å²) in [7, 11) is 0. The summed E-state index contributed by atoms with van der Waals surface area (Å²) in [5.41, 5.74) is 0.514. The third kappa shape index (κ3) is 16.2. The number of nitrogens with one attached hydrogen (secondary N) is 1. The Labute approximate surface area is 274 Å². The number of carbonyl (C=O) groups excluding carboxylic acids is 1. The van der Waals surface area contributed by atoms with Gasteiger partial charge in [-0.3, -0.25) is 4.79 Å². The zero-order valence-electron chi connectivity index (χ0n) is 27.1. The lowest BCUT2D eigenvalue weighted by molar-refractivity contribution is 0.0223. The van der Waals surface area contributed by atoms with Gasteiger partial charge in [0, 0.05) is 18.5 Å². The highest BCUT2D eigenvalue weighted by Crippen LogP contribution is 2.29. The van der Waals surface area contributed by atoms with E-state index in [1.807, 2.05) is 24.3 Å². The van der Waals surface area contributed by atoms with Crippen molar-refractivity contribution in [2.75, 3.05) is 85.8 Å². The predicted molar refractivity (Wildman–Crippen MR) is 176 cm³/mol. The van der Waals surface area contributed by atoms with Gasteiger partial charge in [0.15, 0.2) is 23.0 Å². The van der Waals surface area contributed by atoms with Crippen molar-refractivity contribution in [1.82, 2.24) is 5.32 Å². The molecule has 10 nitrogen and oxygen atoms in total. The van der Waals surface area contributed by atoms with Crippen LogP contribution in [0.15, 0.2) is 42.5 Å². The molecule has 2 aromatic carbocycles. The first-order chi connectivity index (χ1) is 22.8. The number of rotatable bonds is 10. The number of hydrogen-bond donors (Lipinski definition) is 1. The lowest BCUT2D eigenvalue weighted by Gasteiger charge is -2.15. The second-order valence-corrected chi connectivity index (χ2v) is 10.6. The molecule has 0 saturated heterocycles. The zero-order valence-corrected chi connectivity index (χ0v) is 27.1. The molecule has 1 amide bonds. The van der Waals surface area contributed by atoms with Gasteiger partial charge < -0.3 is 43.2 Å². The van der Waals surface area contributed by atoms with E-state index < -0.39 is 0 Å². The summed E-state index contributed by atoms with van der Waals surface area (Å²) in [6, 6.07) is 12.7. The molecule has 2 aromatic rings. The Morgan fingerprint density at radius 3 is 1.52 bits per heavy atom. The van der Waals surface area contributed by atoms with E-state index in [9.17, 15) is 4.79 Å². The number of carbonyl (C=O) groups is 1. The molecule has 1 N–H and O–H groups in total. The second kappa shape index (κ2) is 24.7. The van der Waals surface area contributed by atoms with Crippen LogP contribution >= 0.6 is 0 Å². The van der Waals surface area contributed by atoms with Crippen LogP contribution in [-0.2, 0) is 18.9 Å². The van der Waals surface area contributed by atoms with Crippen LogP contribution in [0.5, 0.6) is 23.0 Å². The van der Waals surface area contributed by atoms with Gasteiger partial charge in [0.05, 0.1) is 52.9 Å². The maximum absolute atomic E-state index is 12.8. The minimum Gasteiger partial charge on any atom is -0.487 e. The van der Waals surface area contributed by atoms with Crippen LogP contribution in [0, 0.1) is 12.3 Å². The first kappa shape index (κ1) is 37.0. The number of para-hydroxylation sites is 2. The first-order valence-electron chi connectivity index (χ1n) is 16.5. The summed E-state index contributed by atoms with van der Waals surface area (Å²) in [4.78, 5) is 12.8. The molecule has 1 aliphatic rings. The molecule has 254 valence electrons. The normalized spacial score (nSPS) is 16.0. The van der Waals surface area contributed by atoms with Gasteiger partial charge in [0.1, 0.15) is 26.4 Å². The molecule has 10 heteroatoms. The lowest BCUT2D eigenvalue weighted by Crippen LogP contribution is -2.24. The van der Waals surface area contributed by atoms with Crippen LogP contribution in [0.4, 0.5) is 0 Å². The molecule has 0 saturated carbocycles. The molecule has 1 aliphatic heterocycles. The van der Waals surface area contributed by atoms with Crippen LogP contribution in [0.25, 0.3) is 0 Å². The Bertz CT molecular complexity index is 1140. The molecule has 0 aromatic heterocycles.